The summed E-state index contributed by atoms with van der Waals surface area (Å²) in [5, 5.41) is 61.0. The van der Waals surface area contributed by atoms with E-state index in [1.165, 1.54) is 0 Å². The van der Waals surface area contributed by atoms with E-state index in [0.717, 1.165) is 51.4 Å². The lowest BCUT2D eigenvalue weighted by Crippen LogP contribution is -2.54. The molecule has 0 rings (SSSR count). The van der Waals surface area contributed by atoms with E-state index < -0.39 is 95.6 Å². The molecule has 438 valence electrons. The Kier molecular flexibility index (Phi) is 37.3. The zero-order valence-corrected chi connectivity index (χ0v) is 45.8. The Labute approximate surface area is 447 Å². The zero-order valence-electron chi connectivity index (χ0n) is 45.8. The van der Waals surface area contributed by atoms with Crippen molar-refractivity contribution < 1.29 is 77.8 Å². The normalized spacial score (nSPS) is 12.8. The van der Waals surface area contributed by atoms with Crippen molar-refractivity contribution in [2.75, 3.05) is 39.3 Å². The van der Waals surface area contributed by atoms with Gasteiger partial charge in [0.05, 0.1) is 0 Å². The van der Waals surface area contributed by atoms with Crippen LogP contribution in [0.25, 0.3) is 0 Å². The van der Waals surface area contributed by atoms with Gasteiger partial charge in [-0.1, -0.05) is 51.4 Å². The second-order valence-electron chi connectivity index (χ2n) is 20.5. The van der Waals surface area contributed by atoms with Gasteiger partial charge in [-0.15, -0.1) is 0 Å². The van der Waals surface area contributed by atoms with Crippen molar-refractivity contribution in [3.63, 3.8) is 0 Å². The van der Waals surface area contributed by atoms with E-state index in [4.69, 9.17) is 29.9 Å². The summed E-state index contributed by atoms with van der Waals surface area (Å²) in [4.78, 5) is 122. The van der Waals surface area contributed by atoms with E-state index in [9.17, 15) is 47.9 Å². The molecule has 0 unspecified atom stereocenters. The monoisotopic (exact) mass is 1090 g/mol. The second kappa shape index (κ2) is 40.8. The molecule has 26 nitrogen and oxygen atoms in total. The number of amides is 10. The standard InChI is InChI=1S/C50H92N10O16/c1-49(2,3)75-47(73)59-37(27-17-23-33-55-45(69)70)41(63)57-35(25-15-21-31-53-43(65)66)39(61)51-29-19-13-11-9-7-8-10-12-14-20-30-52-40(62)36(26-16-22-32-54-44(67)68)58-42(64)38(28-18-24-34-56-46(71)72)60-48(74)76-50(4,5)6/h35-38,53-56H,7-34H2,1-6H3,(H,51,61)(H,52,62)(H,57,63)(H,58,64)(H,59,73)(H,60,74)(H,65,66)(H,67,68)(H,69,70)(H,71,72)/t35-,36-,37-,38-/m0/s1. The minimum Gasteiger partial charge on any atom is -0.465 e. The number of hydrogen-bond acceptors (Lipinski definition) is 12. The van der Waals surface area contributed by atoms with Crippen LogP contribution in [0.4, 0.5) is 28.8 Å². The van der Waals surface area contributed by atoms with Crippen molar-refractivity contribution in [2.45, 2.75) is 218 Å². The van der Waals surface area contributed by atoms with E-state index in [1.54, 1.807) is 41.5 Å². The topological polar surface area (TPSA) is 390 Å². The average molecular weight is 1090 g/mol. The number of carboxylic acid groups (broad SMARTS) is 4. The molecule has 0 heterocycles. The summed E-state index contributed by atoms with van der Waals surface area (Å²) < 4.78 is 10.7. The van der Waals surface area contributed by atoms with E-state index >= 15 is 0 Å². The van der Waals surface area contributed by atoms with Gasteiger partial charge in [-0.2, -0.15) is 0 Å². The predicted octanol–water partition coefficient (Wildman–Crippen LogP) is 5.63. The van der Waals surface area contributed by atoms with Crippen LogP contribution in [-0.4, -0.2) is 155 Å². The molecule has 0 saturated heterocycles. The fourth-order valence-corrected chi connectivity index (χ4v) is 7.53. The Balaban J connectivity index is 5.06. The van der Waals surface area contributed by atoms with E-state index in [-0.39, 0.29) is 51.9 Å². The zero-order chi connectivity index (χ0) is 57.4. The minimum absolute atomic E-state index is 0.150. The first kappa shape index (κ1) is 69.5. The number of hydrogen-bond donors (Lipinski definition) is 14. The van der Waals surface area contributed by atoms with Crippen LogP contribution >= 0.6 is 0 Å². The van der Waals surface area contributed by atoms with Crippen molar-refractivity contribution in [1.29, 1.82) is 0 Å². The predicted molar refractivity (Wildman–Crippen MR) is 282 cm³/mol. The Morgan fingerprint density at radius 3 is 0.750 bits per heavy atom. The molecule has 0 aromatic carbocycles. The molecule has 0 aliphatic carbocycles. The van der Waals surface area contributed by atoms with Gasteiger partial charge in [0.15, 0.2) is 0 Å². The van der Waals surface area contributed by atoms with Gasteiger partial charge in [-0.3, -0.25) is 19.2 Å². The molecular formula is C50H92N10O16. The Hall–Kier alpha value is -6.50. The van der Waals surface area contributed by atoms with Crippen LogP contribution in [-0.2, 0) is 28.7 Å². The molecule has 0 radical (unpaired) electrons. The molecule has 0 saturated carbocycles. The van der Waals surface area contributed by atoms with E-state index in [0.29, 0.717) is 77.3 Å². The lowest BCUT2D eigenvalue weighted by molar-refractivity contribution is -0.130. The highest BCUT2D eigenvalue weighted by atomic mass is 16.6. The van der Waals surface area contributed by atoms with Gasteiger partial charge in [0, 0.05) is 39.3 Å². The first-order valence-corrected chi connectivity index (χ1v) is 26.8. The van der Waals surface area contributed by atoms with Gasteiger partial charge in [0.2, 0.25) is 23.6 Å². The van der Waals surface area contributed by atoms with Gasteiger partial charge in [-0.25, -0.2) is 28.8 Å². The summed E-state index contributed by atoms with van der Waals surface area (Å²) in [6, 6.07) is -4.07. The number of unbranched alkanes of at least 4 members (excludes halogenated alkanes) is 13. The number of ether oxygens (including phenoxy) is 2. The number of carbonyl (C=O) groups is 10. The lowest BCUT2D eigenvalue weighted by atomic mass is 10.0. The van der Waals surface area contributed by atoms with Gasteiger partial charge in [-0.05, 0) is 131 Å². The summed E-state index contributed by atoms with van der Waals surface area (Å²) >= 11 is 0. The van der Waals surface area contributed by atoms with Crippen molar-refractivity contribution in [1.82, 2.24) is 53.2 Å². The molecule has 0 aliphatic rings. The smallest absolute Gasteiger partial charge is 0.408 e. The molecule has 10 amide bonds. The molecule has 14 N–H and O–H groups in total. The Morgan fingerprint density at radius 1 is 0.303 bits per heavy atom. The van der Waals surface area contributed by atoms with Crippen molar-refractivity contribution in [3.8, 4) is 0 Å². The maximum Gasteiger partial charge on any atom is 0.408 e. The van der Waals surface area contributed by atoms with Gasteiger partial charge >= 0.3 is 36.6 Å². The molecule has 76 heavy (non-hydrogen) atoms. The maximum absolute atomic E-state index is 13.5. The Bertz CT molecular complexity index is 1640. The molecule has 26 heteroatoms. The highest BCUT2D eigenvalue weighted by Crippen LogP contribution is 2.14. The van der Waals surface area contributed by atoms with Crippen LogP contribution in [0.3, 0.4) is 0 Å². The third-order valence-electron chi connectivity index (χ3n) is 11.3. The highest BCUT2D eigenvalue weighted by molar-refractivity contribution is 5.92. The fourth-order valence-electron chi connectivity index (χ4n) is 7.53. The van der Waals surface area contributed by atoms with Crippen LogP contribution in [0, 0.1) is 0 Å². The average Bonchev–Trinajstić information content (AvgIpc) is 3.30. The number of rotatable bonds is 41. The van der Waals surface area contributed by atoms with Crippen molar-refractivity contribution >= 4 is 60.2 Å². The van der Waals surface area contributed by atoms with E-state index in [2.05, 4.69) is 53.2 Å². The second-order valence-corrected chi connectivity index (χ2v) is 20.5. The largest absolute Gasteiger partial charge is 0.465 e. The van der Waals surface area contributed by atoms with Gasteiger partial charge < -0.3 is 83.1 Å². The molecule has 0 fully saturated rings. The van der Waals surface area contributed by atoms with Crippen LogP contribution in [0.15, 0.2) is 0 Å². The molecular weight excluding hydrogens is 997 g/mol. The summed E-state index contributed by atoms with van der Waals surface area (Å²) in [6.07, 6.45) is 6.70. The summed E-state index contributed by atoms with van der Waals surface area (Å²) in [5.74, 6) is -2.05. The highest BCUT2D eigenvalue weighted by Gasteiger charge is 2.30. The minimum atomic E-state index is -1.18. The Morgan fingerprint density at radius 2 is 0.513 bits per heavy atom. The molecule has 0 bridgehead atoms. The van der Waals surface area contributed by atoms with Crippen LogP contribution in [0.1, 0.15) is 183 Å². The quantitative estimate of drug-likeness (QED) is 0.0330. The van der Waals surface area contributed by atoms with Gasteiger partial charge in [0.1, 0.15) is 35.4 Å². The third-order valence-corrected chi connectivity index (χ3v) is 11.3. The number of alkyl carbamates (subject to hydrolysis) is 2. The maximum atomic E-state index is 13.5. The fraction of sp³-hybridized carbons (Fsp3) is 0.800. The van der Waals surface area contributed by atoms with Crippen molar-refractivity contribution in [2.24, 2.45) is 0 Å². The molecule has 0 spiro atoms. The van der Waals surface area contributed by atoms with Crippen LogP contribution in [0.5, 0.6) is 0 Å². The summed E-state index contributed by atoms with van der Waals surface area (Å²) in [6.45, 7) is 11.4. The van der Waals surface area contributed by atoms with Crippen LogP contribution in [0.2, 0.25) is 0 Å². The SMILES string of the molecule is CC(C)(C)OC(=O)N[C@@H](CCCCNC(=O)O)C(=O)N[C@@H](CCCCNC(=O)O)C(=O)NCCCCCCCCCCCCNC(=O)[C@H](CCCCNC(=O)O)NC(=O)[C@H](CCCCNC(=O)O)NC(=O)OC(C)(C)C. The lowest BCUT2D eigenvalue weighted by Gasteiger charge is -2.25. The first-order chi connectivity index (χ1) is 35.8. The first-order valence-electron chi connectivity index (χ1n) is 26.8. The summed E-state index contributed by atoms with van der Waals surface area (Å²) in [5.41, 5.74) is -1.68. The molecule has 0 aliphatic heterocycles. The number of nitrogens with one attached hydrogen (secondary N) is 10. The van der Waals surface area contributed by atoms with Crippen LogP contribution < -0.4 is 53.2 Å². The number of carbonyl (C=O) groups excluding carboxylic acids is 6. The van der Waals surface area contributed by atoms with Crippen molar-refractivity contribution in [3.05, 3.63) is 0 Å². The molecule has 0 aromatic heterocycles. The summed E-state index contributed by atoms with van der Waals surface area (Å²) in [7, 11) is 0. The van der Waals surface area contributed by atoms with E-state index in [1.807, 2.05) is 0 Å². The third kappa shape index (κ3) is 41.8. The molecule has 0 aromatic rings. The van der Waals surface area contributed by atoms with Gasteiger partial charge in [0.25, 0.3) is 0 Å². The molecule has 4 atom stereocenters.